The van der Waals surface area contributed by atoms with Crippen LogP contribution in [0.2, 0.25) is 0 Å². The van der Waals surface area contributed by atoms with E-state index in [1.807, 2.05) is 0 Å². The van der Waals surface area contributed by atoms with Crippen LogP contribution in [-0.4, -0.2) is 45.2 Å². The van der Waals surface area contributed by atoms with Crippen LogP contribution in [0, 0.1) is 5.92 Å². The Morgan fingerprint density at radius 3 is 2.33 bits per heavy atom. The van der Waals surface area contributed by atoms with Gasteiger partial charge in [-0.1, -0.05) is 12.1 Å². The summed E-state index contributed by atoms with van der Waals surface area (Å²) >= 11 is 0. The predicted octanol–water partition coefficient (Wildman–Crippen LogP) is 0.431. The number of phenolic OH excluding ortho intramolecular Hbond substituents is 1. The van der Waals surface area contributed by atoms with Crippen molar-refractivity contribution in [1.29, 1.82) is 0 Å². The highest BCUT2D eigenvalue weighted by Crippen LogP contribution is 2.37. The second-order valence-electron chi connectivity index (χ2n) is 5.30. The fourth-order valence-electron chi connectivity index (χ4n) is 2.66. The first-order valence-electron chi connectivity index (χ1n) is 6.65. The zero-order valence-electron chi connectivity index (χ0n) is 11.8. The Balaban J connectivity index is 2.47. The molecule has 1 aliphatic heterocycles. The highest BCUT2D eigenvalue weighted by Gasteiger charge is 2.50. The van der Waals surface area contributed by atoms with E-state index in [0.717, 1.165) is 0 Å². The molecule has 3 atom stereocenters. The molecule has 0 aromatic heterocycles. The van der Waals surface area contributed by atoms with E-state index < -0.39 is 29.8 Å². The number of Topliss-reactive ketones (excluding diaryl/α,β-unsaturated/α-hetero) is 2. The molecule has 2 rings (SSSR count). The first-order valence-corrected chi connectivity index (χ1v) is 6.65. The Bertz CT molecular complexity index is 578. The zero-order valence-corrected chi connectivity index (χ0v) is 11.8. The van der Waals surface area contributed by atoms with Gasteiger partial charge in [0.25, 0.3) is 5.91 Å². The zero-order chi connectivity index (χ0) is 15.7. The van der Waals surface area contributed by atoms with Gasteiger partial charge in [-0.15, -0.1) is 0 Å². The lowest BCUT2D eigenvalue weighted by Crippen LogP contribution is -2.36. The van der Waals surface area contributed by atoms with Gasteiger partial charge < -0.3 is 15.1 Å². The standard InChI is InChI=1S/C15H17NO5/c1-8(17)7-16-13(10-3-5-11(19)6-4-10)12(9(2)18)14(20)15(16)21/h3-6,8,12-13,17,19H,7H2,1-2H3. The Morgan fingerprint density at radius 2 is 1.86 bits per heavy atom. The number of amides is 1. The van der Waals surface area contributed by atoms with Crippen molar-refractivity contribution in [2.24, 2.45) is 5.92 Å². The average Bonchev–Trinajstić information content (AvgIpc) is 2.64. The van der Waals surface area contributed by atoms with E-state index in [9.17, 15) is 24.6 Å². The summed E-state index contributed by atoms with van der Waals surface area (Å²) in [6.45, 7) is 2.75. The van der Waals surface area contributed by atoms with Crippen molar-refractivity contribution >= 4 is 17.5 Å². The number of aliphatic hydroxyl groups is 1. The summed E-state index contributed by atoms with van der Waals surface area (Å²) in [7, 11) is 0. The lowest BCUT2D eigenvalue weighted by molar-refractivity contribution is -0.142. The summed E-state index contributed by atoms with van der Waals surface area (Å²) in [5, 5.41) is 18.9. The number of hydrogen-bond acceptors (Lipinski definition) is 5. The number of benzene rings is 1. The number of carbonyl (C=O) groups is 3. The van der Waals surface area contributed by atoms with E-state index in [1.165, 1.54) is 30.9 Å². The SMILES string of the molecule is CC(=O)C1C(=O)C(=O)N(CC(C)O)C1c1ccc(O)cc1. The van der Waals surface area contributed by atoms with E-state index in [0.29, 0.717) is 5.56 Å². The van der Waals surface area contributed by atoms with Crippen molar-refractivity contribution in [3.05, 3.63) is 29.8 Å². The van der Waals surface area contributed by atoms with Crippen molar-refractivity contribution in [3.8, 4) is 5.75 Å². The molecular weight excluding hydrogens is 274 g/mol. The molecule has 6 heteroatoms. The minimum Gasteiger partial charge on any atom is -0.508 e. The van der Waals surface area contributed by atoms with E-state index in [2.05, 4.69) is 0 Å². The minimum atomic E-state index is -1.07. The van der Waals surface area contributed by atoms with E-state index >= 15 is 0 Å². The molecule has 0 saturated carbocycles. The summed E-state index contributed by atoms with van der Waals surface area (Å²) in [5.74, 6) is -2.91. The number of rotatable bonds is 4. The smallest absolute Gasteiger partial charge is 0.291 e. The van der Waals surface area contributed by atoms with Crippen LogP contribution in [0.3, 0.4) is 0 Å². The molecule has 0 radical (unpaired) electrons. The van der Waals surface area contributed by atoms with E-state index in [1.54, 1.807) is 12.1 Å². The van der Waals surface area contributed by atoms with Crippen LogP contribution < -0.4 is 0 Å². The van der Waals surface area contributed by atoms with Gasteiger partial charge in [0.1, 0.15) is 17.5 Å². The molecule has 0 spiro atoms. The van der Waals surface area contributed by atoms with Gasteiger partial charge in [0.05, 0.1) is 12.1 Å². The number of likely N-dealkylation sites (tertiary alicyclic amines) is 1. The topological polar surface area (TPSA) is 94.9 Å². The molecule has 21 heavy (non-hydrogen) atoms. The van der Waals surface area contributed by atoms with E-state index in [4.69, 9.17) is 0 Å². The fraction of sp³-hybridized carbons (Fsp3) is 0.400. The number of ketones is 2. The van der Waals surface area contributed by atoms with Gasteiger partial charge in [-0.05, 0) is 31.5 Å². The third-order valence-corrected chi connectivity index (χ3v) is 3.54. The first-order chi connectivity index (χ1) is 9.82. The molecule has 1 aromatic rings. The van der Waals surface area contributed by atoms with Gasteiger partial charge in [0.2, 0.25) is 5.78 Å². The van der Waals surface area contributed by atoms with Crippen LogP contribution in [0.1, 0.15) is 25.5 Å². The lowest BCUT2D eigenvalue weighted by Gasteiger charge is -2.27. The Hall–Kier alpha value is -2.21. The molecule has 1 amide bonds. The van der Waals surface area contributed by atoms with Crippen molar-refractivity contribution in [1.82, 2.24) is 4.90 Å². The lowest BCUT2D eigenvalue weighted by atomic mass is 9.90. The maximum Gasteiger partial charge on any atom is 0.291 e. The summed E-state index contributed by atoms with van der Waals surface area (Å²) in [5.41, 5.74) is 0.577. The van der Waals surface area contributed by atoms with Gasteiger partial charge in [0, 0.05) is 6.54 Å². The van der Waals surface area contributed by atoms with Crippen LogP contribution in [0.4, 0.5) is 0 Å². The van der Waals surface area contributed by atoms with Crippen molar-refractivity contribution in [2.75, 3.05) is 6.54 Å². The number of nitrogens with zero attached hydrogens (tertiary/aromatic N) is 1. The maximum absolute atomic E-state index is 12.1. The van der Waals surface area contributed by atoms with Gasteiger partial charge in [-0.3, -0.25) is 14.4 Å². The molecule has 0 bridgehead atoms. The Kier molecular flexibility index (Phi) is 4.09. The van der Waals surface area contributed by atoms with Gasteiger partial charge in [-0.2, -0.15) is 0 Å². The maximum atomic E-state index is 12.1. The number of phenols is 1. The Labute approximate surface area is 122 Å². The number of aromatic hydroxyl groups is 1. The third-order valence-electron chi connectivity index (χ3n) is 3.54. The van der Waals surface area contributed by atoms with E-state index in [-0.39, 0.29) is 18.1 Å². The normalized spacial score (nSPS) is 23.5. The third kappa shape index (κ3) is 2.80. The molecule has 1 aliphatic rings. The van der Waals surface area contributed by atoms with Crippen LogP contribution in [0.25, 0.3) is 0 Å². The number of β-amino-alcohol motifs (C(OH)–C–C–N with tert-alkyl or cyclic N) is 1. The molecule has 0 aliphatic carbocycles. The molecule has 1 aromatic carbocycles. The highest BCUT2D eigenvalue weighted by atomic mass is 16.3. The largest absolute Gasteiger partial charge is 0.508 e. The summed E-state index contributed by atoms with van der Waals surface area (Å²) in [6.07, 6.45) is -0.813. The monoisotopic (exact) mass is 291 g/mol. The van der Waals surface area contributed by atoms with Crippen LogP contribution in [-0.2, 0) is 14.4 Å². The highest BCUT2D eigenvalue weighted by molar-refractivity contribution is 6.42. The first kappa shape index (κ1) is 15.2. The molecule has 1 saturated heterocycles. The number of hydrogen-bond donors (Lipinski definition) is 2. The molecule has 112 valence electrons. The van der Waals surface area contributed by atoms with Crippen molar-refractivity contribution in [3.63, 3.8) is 0 Å². The summed E-state index contributed by atoms with van der Waals surface area (Å²) in [6, 6.07) is 5.26. The minimum absolute atomic E-state index is 0.0279. The number of carbonyl (C=O) groups excluding carboxylic acids is 3. The van der Waals surface area contributed by atoms with Gasteiger partial charge in [-0.25, -0.2) is 0 Å². The second kappa shape index (κ2) is 5.65. The van der Waals surface area contributed by atoms with Crippen molar-refractivity contribution in [2.45, 2.75) is 26.0 Å². The van der Waals surface area contributed by atoms with Crippen molar-refractivity contribution < 1.29 is 24.6 Å². The summed E-state index contributed by atoms with van der Waals surface area (Å²) < 4.78 is 0. The molecule has 1 fully saturated rings. The van der Waals surface area contributed by atoms with Crippen LogP contribution in [0.15, 0.2) is 24.3 Å². The fourth-order valence-corrected chi connectivity index (χ4v) is 2.66. The van der Waals surface area contributed by atoms with Gasteiger partial charge in [0.15, 0.2) is 0 Å². The predicted molar refractivity (Wildman–Crippen MR) is 73.4 cm³/mol. The molecule has 2 N–H and O–H groups in total. The summed E-state index contributed by atoms with van der Waals surface area (Å²) in [4.78, 5) is 37.1. The second-order valence-corrected chi connectivity index (χ2v) is 5.30. The van der Waals surface area contributed by atoms with Crippen LogP contribution >= 0.6 is 0 Å². The number of aliphatic hydroxyl groups excluding tert-OH is 1. The molecule has 3 unspecified atom stereocenters. The quantitative estimate of drug-likeness (QED) is 0.619. The average molecular weight is 291 g/mol. The molecule has 6 nitrogen and oxygen atoms in total. The Morgan fingerprint density at radius 1 is 1.29 bits per heavy atom. The van der Waals surface area contributed by atoms with Gasteiger partial charge >= 0.3 is 0 Å². The molecule has 1 heterocycles. The molecular formula is C15H17NO5. The van der Waals surface area contributed by atoms with Crippen LogP contribution in [0.5, 0.6) is 5.75 Å².